The lowest BCUT2D eigenvalue weighted by Crippen LogP contribution is -2.45. The molecular formula is C13H20N2O2. The van der Waals surface area contributed by atoms with Gasteiger partial charge in [-0.1, -0.05) is 12.8 Å². The number of carbonyl (C=O) groups excluding carboxylic acids is 1. The lowest BCUT2D eigenvalue weighted by molar-refractivity contribution is 0.0589. The molecule has 1 heterocycles. The number of nitrogens with two attached hydrogens (primary N) is 1. The van der Waals surface area contributed by atoms with Crippen LogP contribution in [0.25, 0.3) is 0 Å². The van der Waals surface area contributed by atoms with Crippen LogP contribution in [0.15, 0.2) is 22.8 Å². The second-order valence-electron chi connectivity index (χ2n) is 4.74. The quantitative estimate of drug-likeness (QED) is 0.871. The lowest BCUT2D eigenvalue weighted by Gasteiger charge is -2.37. The Hall–Kier alpha value is -1.29. The second kappa shape index (κ2) is 5.36. The smallest absolute Gasteiger partial charge is 0.289 e. The standard InChI is InChI=1S/C13H20N2O2/c1-15(13(16)12-7-4-8-17-12)11-6-3-2-5-10(11)9-14/h4,7-8,10-11H,2-3,5-6,9,14H2,1H3. The predicted molar refractivity (Wildman–Crippen MR) is 65.6 cm³/mol. The molecule has 94 valence electrons. The van der Waals surface area contributed by atoms with E-state index in [2.05, 4.69) is 0 Å². The van der Waals surface area contributed by atoms with Gasteiger partial charge in [-0.05, 0) is 37.4 Å². The van der Waals surface area contributed by atoms with E-state index in [0.29, 0.717) is 18.2 Å². The van der Waals surface area contributed by atoms with E-state index in [1.54, 1.807) is 17.0 Å². The molecule has 1 saturated carbocycles. The molecule has 0 aliphatic heterocycles. The Bertz CT molecular complexity index is 362. The number of furan rings is 1. The molecule has 4 nitrogen and oxygen atoms in total. The fraction of sp³-hybridized carbons (Fsp3) is 0.615. The van der Waals surface area contributed by atoms with Crippen LogP contribution in [0, 0.1) is 5.92 Å². The van der Waals surface area contributed by atoms with Crippen molar-refractivity contribution >= 4 is 5.91 Å². The van der Waals surface area contributed by atoms with E-state index in [0.717, 1.165) is 12.8 Å². The molecule has 1 aromatic heterocycles. The minimum Gasteiger partial charge on any atom is -0.459 e. The summed E-state index contributed by atoms with van der Waals surface area (Å²) in [7, 11) is 1.85. The molecule has 0 radical (unpaired) electrons. The van der Waals surface area contributed by atoms with Gasteiger partial charge in [0.05, 0.1) is 6.26 Å². The van der Waals surface area contributed by atoms with E-state index in [4.69, 9.17) is 10.2 Å². The van der Waals surface area contributed by atoms with E-state index in [1.807, 2.05) is 7.05 Å². The van der Waals surface area contributed by atoms with Crippen molar-refractivity contribution in [2.45, 2.75) is 31.7 Å². The van der Waals surface area contributed by atoms with Gasteiger partial charge in [0.2, 0.25) is 0 Å². The van der Waals surface area contributed by atoms with E-state index >= 15 is 0 Å². The first-order chi connectivity index (χ1) is 8.24. The minimum atomic E-state index is -0.0413. The van der Waals surface area contributed by atoms with Crippen molar-refractivity contribution in [3.05, 3.63) is 24.2 Å². The normalized spacial score (nSPS) is 24.6. The van der Waals surface area contributed by atoms with E-state index in [-0.39, 0.29) is 11.9 Å². The molecule has 1 aliphatic rings. The van der Waals surface area contributed by atoms with Gasteiger partial charge in [-0.15, -0.1) is 0 Å². The van der Waals surface area contributed by atoms with Crippen molar-refractivity contribution in [1.82, 2.24) is 4.90 Å². The van der Waals surface area contributed by atoms with Crippen LogP contribution in [0.2, 0.25) is 0 Å². The molecule has 2 N–H and O–H groups in total. The van der Waals surface area contributed by atoms with Gasteiger partial charge in [0.25, 0.3) is 5.91 Å². The van der Waals surface area contributed by atoms with Crippen molar-refractivity contribution in [2.24, 2.45) is 11.7 Å². The average molecular weight is 236 g/mol. The summed E-state index contributed by atoms with van der Waals surface area (Å²) in [5.41, 5.74) is 5.79. The van der Waals surface area contributed by atoms with Crippen molar-refractivity contribution in [2.75, 3.05) is 13.6 Å². The Labute approximate surface area is 102 Å². The van der Waals surface area contributed by atoms with Crippen molar-refractivity contribution in [3.8, 4) is 0 Å². The maximum atomic E-state index is 12.2. The molecule has 0 aromatic carbocycles. The molecule has 4 heteroatoms. The monoisotopic (exact) mass is 236 g/mol. The fourth-order valence-corrected chi connectivity index (χ4v) is 2.70. The topological polar surface area (TPSA) is 59.5 Å². The molecular weight excluding hydrogens is 216 g/mol. The maximum Gasteiger partial charge on any atom is 0.289 e. The highest BCUT2D eigenvalue weighted by molar-refractivity contribution is 5.91. The summed E-state index contributed by atoms with van der Waals surface area (Å²) >= 11 is 0. The van der Waals surface area contributed by atoms with Gasteiger partial charge in [-0.25, -0.2) is 0 Å². The van der Waals surface area contributed by atoms with Gasteiger partial charge >= 0.3 is 0 Å². The van der Waals surface area contributed by atoms with Gasteiger partial charge in [-0.2, -0.15) is 0 Å². The number of hydrogen-bond donors (Lipinski definition) is 1. The first-order valence-electron chi connectivity index (χ1n) is 6.24. The highest BCUT2D eigenvalue weighted by Crippen LogP contribution is 2.28. The second-order valence-corrected chi connectivity index (χ2v) is 4.74. The average Bonchev–Trinajstić information content (AvgIpc) is 2.90. The lowest BCUT2D eigenvalue weighted by atomic mass is 9.83. The zero-order valence-electron chi connectivity index (χ0n) is 10.3. The molecule has 0 bridgehead atoms. The van der Waals surface area contributed by atoms with Crippen LogP contribution in [0.5, 0.6) is 0 Å². The van der Waals surface area contributed by atoms with Crippen LogP contribution in [0.4, 0.5) is 0 Å². The molecule has 2 atom stereocenters. The third kappa shape index (κ3) is 2.52. The summed E-state index contributed by atoms with van der Waals surface area (Å²) in [5, 5.41) is 0. The van der Waals surface area contributed by atoms with Crippen LogP contribution < -0.4 is 5.73 Å². The van der Waals surface area contributed by atoms with Gasteiger partial charge in [0.15, 0.2) is 5.76 Å². The number of amides is 1. The zero-order valence-corrected chi connectivity index (χ0v) is 10.3. The highest BCUT2D eigenvalue weighted by Gasteiger charge is 2.30. The first kappa shape index (κ1) is 12.2. The van der Waals surface area contributed by atoms with Crippen LogP contribution in [0.3, 0.4) is 0 Å². The van der Waals surface area contributed by atoms with Crippen LogP contribution >= 0.6 is 0 Å². The molecule has 17 heavy (non-hydrogen) atoms. The third-order valence-corrected chi connectivity index (χ3v) is 3.72. The third-order valence-electron chi connectivity index (χ3n) is 3.72. The Kier molecular flexibility index (Phi) is 3.84. The summed E-state index contributed by atoms with van der Waals surface area (Å²) < 4.78 is 5.15. The van der Waals surface area contributed by atoms with Crippen LogP contribution in [0.1, 0.15) is 36.2 Å². The van der Waals surface area contributed by atoms with E-state index in [1.165, 1.54) is 19.1 Å². The van der Waals surface area contributed by atoms with E-state index < -0.39 is 0 Å². The molecule has 1 aliphatic carbocycles. The van der Waals surface area contributed by atoms with Crippen molar-refractivity contribution in [3.63, 3.8) is 0 Å². The molecule has 0 spiro atoms. The Morgan fingerprint density at radius 2 is 2.29 bits per heavy atom. The fourth-order valence-electron chi connectivity index (χ4n) is 2.70. The molecule has 1 amide bonds. The van der Waals surface area contributed by atoms with Crippen LogP contribution in [-0.4, -0.2) is 30.4 Å². The SMILES string of the molecule is CN(C(=O)c1ccco1)C1CCCCC1CN. The molecule has 1 fully saturated rings. The van der Waals surface area contributed by atoms with Crippen molar-refractivity contribution in [1.29, 1.82) is 0 Å². The minimum absolute atomic E-state index is 0.0413. The van der Waals surface area contributed by atoms with Crippen molar-refractivity contribution < 1.29 is 9.21 Å². The Balaban J connectivity index is 2.07. The summed E-state index contributed by atoms with van der Waals surface area (Å²) in [4.78, 5) is 14.0. The molecule has 2 rings (SSSR count). The number of hydrogen-bond acceptors (Lipinski definition) is 3. The molecule has 1 aromatic rings. The number of rotatable bonds is 3. The zero-order chi connectivity index (χ0) is 12.3. The largest absolute Gasteiger partial charge is 0.459 e. The number of nitrogens with zero attached hydrogens (tertiary/aromatic N) is 1. The molecule has 0 saturated heterocycles. The van der Waals surface area contributed by atoms with Gasteiger partial charge in [0, 0.05) is 13.1 Å². The van der Waals surface area contributed by atoms with Gasteiger partial charge < -0.3 is 15.1 Å². The number of carbonyl (C=O) groups is 1. The highest BCUT2D eigenvalue weighted by atomic mass is 16.3. The summed E-state index contributed by atoms with van der Waals surface area (Å²) in [5.74, 6) is 0.793. The van der Waals surface area contributed by atoms with Crippen LogP contribution in [-0.2, 0) is 0 Å². The summed E-state index contributed by atoms with van der Waals surface area (Å²) in [6.07, 6.45) is 6.10. The van der Waals surface area contributed by atoms with Gasteiger partial charge in [-0.3, -0.25) is 4.79 Å². The first-order valence-corrected chi connectivity index (χ1v) is 6.24. The van der Waals surface area contributed by atoms with Gasteiger partial charge in [0.1, 0.15) is 0 Å². The Morgan fingerprint density at radius 3 is 2.94 bits per heavy atom. The maximum absolute atomic E-state index is 12.2. The predicted octanol–water partition coefficient (Wildman–Crippen LogP) is 1.87. The van der Waals surface area contributed by atoms with E-state index in [9.17, 15) is 4.79 Å². The summed E-state index contributed by atoms with van der Waals surface area (Å²) in [6, 6.07) is 3.70. The molecule has 2 unspecified atom stereocenters. The Morgan fingerprint density at radius 1 is 1.53 bits per heavy atom. The summed E-state index contributed by atoms with van der Waals surface area (Å²) in [6.45, 7) is 0.653.